The van der Waals surface area contributed by atoms with Crippen molar-refractivity contribution in [3.63, 3.8) is 0 Å². The molecule has 0 bridgehead atoms. The number of ether oxygens (including phenoxy) is 1. The number of carbonyl (C=O) groups is 2. The molecule has 0 unspecified atom stereocenters. The smallest absolute Gasteiger partial charge is 0.331 e. The van der Waals surface area contributed by atoms with Crippen molar-refractivity contribution in [2.24, 2.45) is 0 Å². The van der Waals surface area contributed by atoms with Gasteiger partial charge >= 0.3 is 5.97 Å². The van der Waals surface area contributed by atoms with Crippen molar-refractivity contribution in [2.75, 3.05) is 23.3 Å². The number of para-hydroxylation sites is 2. The first-order valence-corrected chi connectivity index (χ1v) is 7.60. The molecule has 0 saturated carbocycles. The molecule has 128 valence electrons. The number of nitro benzene ring substituents is 1. The van der Waals surface area contributed by atoms with Crippen LogP contribution in [0.15, 0.2) is 42.5 Å². The zero-order valence-corrected chi connectivity index (χ0v) is 13.5. The van der Waals surface area contributed by atoms with E-state index in [1.54, 1.807) is 29.2 Å². The summed E-state index contributed by atoms with van der Waals surface area (Å²) in [6, 6.07) is 10.6. The second kappa shape index (κ2) is 6.78. The molecule has 3 rings (SSSR count). The number of esters is 1. The zero-order chi connectivity index (χ0) is 18.0. The van der Waals surface area contributed by atoms with Gasteiger partial charge in [0.15, 0.2) is 5.75 Å². The Morgan fingerprint density at radius 1 is 1.32 bits per heavy atom. The van der Waals surface area contributed by atoms with E-state index in [0.717, 1.165) is 0 Å². The van der Waals surface area contributed by atoms with Crippen LogP contribution >= 0.6 is 11.6 Å². The average Bonchev–Trinajstić information content (AvgIpc) is 2.56. The fourth-order valence-electron chi connectivity index (χ4n) is 2.43. The maximum absolute atomic E-state index is 12.3. The Bertz CT molecular complexity index is 871. The molecule has 1 aliphatic heterocycles. The van der Waals surface area contributed by atoms with Crippen LogP contribution in [0.3, 0.4) is 0 Å². The number of hydrogen-bond donors (Lipinski definition) is 1. The van der Waals surface area contributed by atoms with E-state index in [-0.39, 0.29) is 29.5 Å². The van der Waals surface area contributed by atoms with E-state index < -0.39 is 16.8 Å². The standard InChI is InChI=1S/C16H12ClN3O5/c17-11-6-5-10(20(23)24)7-12(11)18-15(21)8-19-9-16(22)25-14-4-2-1-3-13(14)19/h1-7H,8-9H2,(H,18,21). The van der Waals surface area contributed by atoms with Crippen LogP contribution in [0, 0.1) is 10.1 Å². The van der Waals surface area contributed by atoms with Gasteiger partial charge in [0.1, 0.15) is 6.54 Å². The summed E-state index contributed by atoms with van der Waals surface area (Å²) in [4.78, 5) is 35.8. The summed E-state index contributed by atoms with van der Waals surface area (Å²) in [5.74, 6) is -0.563. The topological polar surface area (TPSA) is 102 Å². The summed E-state index contributed by atoms with van der Waals surface area (Å²) in [6.07, 6.45) is 0. The molecule has 0 aromatic heterocycles. The normalized spacial score (nSPS) is 13.0. The summed E-state index contributed by atoms with van der Waals surface area (Å²) in [5, 5.41) is 13.5. The fraction of sp³-hybridized carbons (Fsp3) is 0.125. The van der Waals surface area contributed by atoms with Crippen molar-refractivity contribution >= 4 is 40.5 Å². The Balaban J connectivity index is 1.77. The molecule has 0 aliphatic carbocycles. The molecular weight excluding hydrogens is 350 g/mol. The third kappa shape index (κ3) is 3.69. The summed E-state index contributed by atoms with van der Waals surface area (Å²) < 4.78 is 5.11. The number of benzene rings is 2. The van der Waals surface area contributed by atoms with Crippen molar-refractivity contribution in [3.8, 4) is 5.75 Å². The maximum atomic E-state index is 12.3. The molecule has 2 aromatic carbocycles. The minimum Gasteiger partial charge on any atom is -0.423 e. The Kier molecular flexibility index (Phi) is 4.53. The fourth-order valence-corrected chi connectivity index (χ4v) is 2.59. The molecule has 1 aliphatic rings. The minimum absolute atomic E-state index is 0.0763. The van der Waals surface area contributed by atoms with Gasteiger partial charge in [-0.05, 0) is 18.2 Å². The van der Waals surface area contributed by atoms with E-state index >= 15 is 0 Å². The van der Waals surface area contributed by atoms with Gasteiger partial charge < -0.3 is 15.0 Å². The van der Waals surface area contributed by atoms with Crippen LogP contribution in [0.25, 0.3) is 0 Å². The molecule has 2 aromatic rings. The van der Waals surface area contributed by atoms with Gasteiger partial charge in [0.05, 0.1) is 27.9 Å². The first-order chi connectivity index (χ1) is 11.9. The molecule has 25 heavy (non-hydrogen) atoms. The van der Waals surface area contributed by atoms with Crippen LogP contribution in [0.4, 0.5) is 17.1 Å². The highest BCUT2D eigenvalue weighted by Gasteiger charge is 2.25. The van der Waals surface area contributed by atoms with Crippen molar-refractivity contribution in [2.45, 2.75) is 0 Å². The molecule has 0 atom stereocenters. The number of amides is 1. The number of hydrogen-bond acceptors (Lipinski definition) is 6. The van der Waals surface area contributed by atoms with Gasteiger partial charge in [-0.1, -0.05) is 23.7 Å². The van der Waals surface area contributed by atoms with Gasteiger partial charge in [-0.15, -0.1) is 0 Å². The highest BCUT2D eigenvalue weighted by molar-refractivity contribution is 6.33. The number of rotatable bonds is 4. The van der Waals surface area contributed by atoms with Gasteiger partial charge in [-0.2, -0.15) is 0 Å². The lowest BCUT2D eigenvalue weighted by Gasteiger charge is -2.29. The highest BCUT2D eigenvalue weighted by atomic mass is 35.5. The summed E-state index contributed by atoms with van der Waals surface area (Å²) in [5.41, 5.74) is 0.558. The van der Waals surface area contributed by atoms with Crippen LogP contribution in [-0.2, 0) is 9.59 Å². The van der Waals surface area contributed by atoms with E-state index in [9.17, 15) is 19.7 Å². The van der Waals surface area contributed by atoms with Gasteiger partial charge in [0.2, 0.25) is 5.91 Å². The quantitative estimate of drug-likeness (QED) is 0.388. The van der Waals surface area contributed by atoms with E-state index in [2.05, 4.69) is 5.32 Å². The van der Waals surface area contributed by atoms with Gasteiger partial charge in [-0.3, -0.25) is 14.9 Å². The molecule has 0 fully saturated rings. The third-order valence-corrected chi connectivity index (χ3v) is 3.85. The van der Waals surface area contributed by atoms with Gasteiger partial charge in [-0.25, -0.2) is 4.79 Å². The average molecular weight is 362 g/mol. The zero-order valence-electron chi connectivity index (χ0n) is 12.8. The van der Waals surface area contributed by atoms with Crippen molar-refractivity contribution in [1.29, 1.82) is 0 Å². The molecular formula is C16H12ClN3O5. The molecule has 8 nitrogen and oxygen atoms in total. The number of fused-ring (bicyclic) bond motifs is 1. The second-order valence-electron chi connectivity index (χ2n) is 5.27. The molecule has 9 heteroatoms. The molecule has 1 heterocycles. The third-order valence-electron chi connectivity index (χ3n) is 3.52. The Hall–Kier alpha value is -3.13. The first kappa shape index (κ1) is 16.7. The van der Waals surface area contributed by atoms with Gasteiger partial charge in [0.25, 0.3) is 5.69 Å². The predicted octanol–water partition coefficient (Wildman–Crippen LogP) is 2.61. The largest absolute Gasteiger partial charge is 0.423 e. The minimum atomic E-state index is -0.580. The summed E-state index contributed by atoms with van der Waals surface area (Å²) in [6.45, 7) is -0.210. The number of nitro groups is 1. The summed E-state index contributed by atoms with van der Waals surface area (Å²) >= 11 is 5.97. The number of nitrogens with one attached hydrogen (secondary N) is 1. The molecule has 1 amide bonds. The monoisotopic (exact) mass is 361 g/mol. The lowest BCUT2D eigenvalue weighted by molar-refractivity contribution is -0.384. The number of non-ortho nitro benzene ring substituents is 1. The predicted molar refractivity (Wildman–Crippen MR) is 91.0 cm³/mol. The van der Waals surface area contributed by atoms with Crippen LogP contribution in [0.2, 0.25) is 5.02 Å². The molecule has 1 N–H and O–H groups in total. The lowest BCUT2D eigenvalue weighted by Crippen LogP contribution is -2.41. The Labute approximate surface area is 147 Å². The first-order valence-electron chi connectivity index (χ1n) is 7.22. The van der Waals surface area contributed by atoms with Crippen LogP contribution in [0.1, 0.15) is 0 Å². The Morgan fingerprint density at radius 2 is 2.08 bits per heavy atom. The van der Waals surface area contributed by atoms with Crippen molar-refractivity contribution in [3.05, 3.63) is 57.6 Å². The maximum Gasteiger partial charge on any atom is 0.331 e. The van der Waals surface area contributed by atoms with E-state index in [0.29, 0.717) is 11.4 Å². The molecule has 0 radical (unpaired) electrons. The van der Waals surface area contributed by atoms with E-state index in [4.69, 9.17) is 16.3 Å². The lowest BCUT2D eigenvalue weighted by atomic mass is 10.2. The van der Waals surface area contributed by atoms with Crippen LogP contribution in [-0.4, -0.2) is 29.9 Å². The van der Waals surface area contributed by atoms with Crippen LogP contribution in [0.5, 0.6) is 5.75 Å². The second-order valence-corrected chi connectivity index (χ2v) is 5.67. The van der Waals surface area contributed by atoms with E-state index in [1.165, 1.54) is 18.2 Å². The molecule has 0 spiro atoms. The summed E-state index contributed by atoms with van der Waals surface area (Å²) in [7, 11) is 0. The number of halogens is 1. The number of carbonyl (C=O) groups excluding carboxylic acids is 2. The highest BCUT2D eigenvalue weighted by Crippen LogP contribution is 2.31. The van der Waals surface area contributed by atoms with Crippen molar-refractivity contribution < 1.29 is 19.2 Å². The molecule has 0 saturated heterocycles. The SMILES string of the molecule is O=C(CN1CC(=O)Oc2ccccc21)Nc1cc([N+](=O)[O-])ccc1Cl. The number of anilines is 2. The van der Waals surface area contributed by atoms with E-state index in [1.807, 2.05) is 0 Å². The van der Waals surface area contributed by atoms with Crippen LogP contribution < -0.4 is 15.0 Å². The van der Waals surface area contributed by atoms with Crippen molar-refractivity contribution in [1.82, 2.24) is 0 Å². The number of nitrogens with zero attached hydrogens (tertiary/aromatic N) is 2. The van der Waals surface area contributed by atoms with Gasteiger partial charge in [0, 0.05) is 12.1 Å². The Morgan fingerprint density at radius 3 is 2.84 bits per heavy atom.